The molecule has 0 aliphatic rings. The lowest BCUT2D eigenvalue weighted by atomic mass is 10.2. The van der Waals surface area contributed by atoms with Gasteiger partial charge < -0.3 is 20.3 Å². The van der Waals surface area contributed by atoms with Gasteiger partial charge in [0, 0.05) is 19.3 Å². The molecule has 2 N–H and O–H groups in total. The second-order valence-electron chi connectivity index (χ2n) is 6.42. The molecule has 28 heavy (non-hydrogen) atoms. The van der Waals surface area contributed by atoms with Gasteiger partial charge in [0.15, 0.2) is 5.96 Å². The van der Waals surface area contributed by atoms with Gasteiger partial charge in [-0.25, -0.2) is 4.98 Å². The molecule has 0 amide bonds. The molecule has 1 unspecified atom stereocenters. The molecule has 0 bridgehead atoms. The molecule has 0 spiro atoms. The number of hydrogen-bond acceptors (Lipinski definition) is 4. The van der Waals surface area contributed by atoms with E-state index >= 15 is 0 Å². The van der Waals surface area contributed by atoms with Crippen molar-refractivity contribution in [2.24, 2.45) is 4.99 Å². The van der Waals surface area contributed by atoms with E-state index in [1.165, 1.54) is 12.3 Å². The number of halogens is 3. The summed E-state index contributed by atoms with van der Waals surface area (Å²) < 4.78 is 43.9. The third-order valence-corrected chi connectivity index (χ3v) is 4.32. The summed E-state index contributed by atoms with van der Waals surface area (Å²) in [5, 5.41) is 6.32. The van der Waals surface area contributed by atoms with Crippen LogP contribution in [-0.2, 0) is 6.18 Å². The Morgan fingerprint density at radius 2 is 2.04 bits per heavy atom. The van der Waals surface area contributed by atoms with Crippen molar-refractivity contribution < 1.29 is 17.9 Å². The number of rotatable bonds is 11. The molecule has 160 valence electrons. The average molecular weight is 403 g/mol. The molecule has 1 rings (SSSR count). The van der Waals surface area contributed by atoms with Crippen LogP contribution in [0.15, 0.2) is 23.3 Å². The topological polar surface area (TPSA) is 61.8 Å². The van der Waals surface area contributed by atoms with Crippen LogP contribution in [0, 0.1) is 0 Å². The summed E-state index contributed by atoms with van der Waals surface area (Å²) in [5.41, 5.74) is -0.876. The first-order chi connectivity index (χ1) is 13.3. The lowest BCUT2D eigenvalue weighted by Crippen LogP contribution is -2.43. The first-order valence-electron chi connectivity index (χ1n) is 9.66. The number of hydrogen-bond donors (Lipinski definition) is 2. The Bertz CT molecular complexity index is 591. The Kier molecular flexibility index (Phi) is 10.7. The number of aromatic nitrogens is 1. The maximum Gasteiger partial charge on any atom is 0.421 e. The Hall–Kier alpha value is -2.03. The van der Waals surface area contributed by atoms with E-state index in [9.17, 15) is 13.2 Å². The number of nitrogens with one attached hydrogen (secondary N) is 2. The Morgan fingerprint density at radius 1 is 1.32 bits per heavy atom. The largest absolute Gasteiger partial charge is 0.475 e. The number of guanidine groups is 1. The summed E-state index contributed by atoms with van der Waals surface area (Å²) in [6.45, 7) is 9.89. The van der Waals surface area contributed by atoms with Gasteiger partial charge in [0.05, 0.1) is 6.54 Å². The first kappa shape index (κ1) is 24.0. The molecule has 1 atom stereocenters. The third kappa shape index (κ3) is 8.77. The summed E-state index contributed by atoms with van der Waals surface area (Å²) in [5.74, 6) is 0.181. The zero-order valence-electron chi connectivity index (χ0n) is 17.1. The van der Waals surface area contributed by atoms with Crippen LogP contribution >= 0.6 is 0 Å². The highest BCUT2D eigenvalue weighted by Gasteiger charge is 2.34. The van der Waals surface area contributed by atoms with Crippen LogP contribution in [-0.4, -0.2) is 61.7 Å². The molecule has 1 heterocycles. The molecule has 0 saturated heterocycles. The molecule has 0 aliphatic carbocycles. The molecular formula is C19H32F3N5O. The Balaban J connectivity index is 2.36. The van der Waals surface area contributed by atoms with E-state index in [2.05, 4.69) is 46.3 Å². The maximum absolute atomic E-state index is 12.9. The van der Waals surface area contributed by atoms with Gasteiger partial charge in [-0.05, 0) is 51.5 Å². The molecule has 6 nitrogen and oxygen atoms in total. The van der Waals surface area contributed by atoms with E-state index in [0.29, 0.717) is 12.5 Å². The number of pyridine rings is 1. The standard InChI is InChI=1S/C19H32F3N5O/c1-5-27(6-2)13-8-9-15(3)26-18(23-4)25-12-14-28-17-16(19(20,21)22)10-7-11-24-17/h7,10-11,15H,5-6,8-9,12-14H2,1-4H3,(H2,23,25,26). The van der Waals surface area contributed by atoms with E-state index in [1.807, 2.05) is 0 Å². The van der Waals surface area contributed by atoms with Gasteiger partial charge in [-0.3, -0.25) is 4.99 Å². The number of ether oxygens (including phenoxy) is 1. The Labute approximate surface area is 165 Å². The van der Waals surface area contributed by atoms with Crippen molar-refractivity contribution in [1.82, 2.24) is 20.5 Å². The van der Waals surface area contributed by atoms with Crippen molar-refractivity contribution >= 4 is 5.96 Å². The molecule has 1 aromatic heterocycles. The summed E-state index contributed by atoms with van der Waals surface area (Å²) in [4.78, 5) is 10.2. The van der Waals surface area contributed by atoms with Crippen LogP contribution in [0.5, 0.6) is 5.88 Å². The predicted molar refractivity (Wildman–Crippen MR) is 106 cm³/mol. The van der Waals surface area contributed by atoms with Gasteiger partial charge in [0.1, 0.15) is 12.2 Å². The van der Waals surface area contributed by atoms with Crippen LogP contribution in [0.1, 0.15) is 39.2 Å². The normalized spacial score (nSPS) is 13.5. The SMILES string of the molecule is CCN(CC)CCCC(C)NC(=NC)NCCOc1ncccc1C(F)(F)F. The first-order valence-corrected chi connectivity index (χ1v) is 9.66. The fourth-order valence-electron chi connectivity index (χ4n) is 2.70. The van der Waals surface area contributed by atoms with Crippen LogP contribution in [0.2, 0.25) is 0 Å². The molecule has 0 fully saturated rings. The zero-order valence-corrected chi connectivity index (χ0v) is 17.1. The van der Waals surface area contributed by atoms with E-state index in [-0.39, 0.29) is 12.6 Å². The fourth-order valence-corrected chi connectivity index (χ4v) is 2.70. The quantitative estimate of drug-likeness (QED) is 0.338. The smallest absolute Gasteiger partial charge is 0.421 e. The molecule has 0 radical (unpaired) electrons. The van der Waals surface area contributed by atoms with Crippen LogP contribution < -0.4 is 15.4 Å². The summed E-state index contributed by atoms with van der Waals surface area (Å²) in [6.07, 6.45) is -1.14. The minimum Gasteiger partial charge on any atom is -0.475 e. The second kappa shape index (κ2) is 12.4. The molecule has 0 saturated carbocycles. The van der Waals surface area contributed by atoms with E-state index in [0.717, 1.165) is 38.5 Å². The van der Waals surface area contributed by atoms with E-state index < -0.39 is 17.6 Å². The van der Waals surface area contributed by atoms with Crippen molar-refractivity contribution in [3.05, 3.63) is 23.9 Å². The van der Waals surface area contributed by atoms with Gasteiger partial charge in [-0.15, -0.1) is 0 Å². The van der Waals surface area contributed by atoms with Gasteiger partial charge in [-0.1, -0.05) is 13.8 Å². The van der Waals surface area contributed by atoms with Crippen LogP contribution in [0.25, 0.3) is 0 Å². The fraction of sp³-hybridized carbons (Fsp3) is 0.684. The van der Waals surface area contributed by atoms with Gasteiger partial charge in [0.2, 0.25) is 5.88 Å². The zero-order chi connectivity index (χ0) is 21.0. The van der Waals surface area contributed by atoms with Crippen molar-refractivity contribution in [1.29, 1.82) is 0 Å². The Morgan fingerprint density at radius 3 is 2.64 bits per heavy atom. The van der Waals surface area contributed by atoms with Gasteiger partial charge in [-0.2, -0.15) is 13.2 Å². The van der Waals surface area contributed by atoms with Crippen molar-refractivity contribution in [2.45, 2.75) is 45.8 Å². The number of aliphatic imine (C=N–C) groups is 1. The molecular weight excluding hydrogens is 371 g/mol. The van der Waals surface area contributed by atoms with Crippen molar-refractivity contribution in [3.8, 4) is 5.88 Å². The average Bonchev–Trinajstić information content (AvgIpc) is 2.67. The van der Waals surface area contributed by atoms with Gasteiger partial charge >= 0.3 is 6.18 Å². The lowest BCUT2D eigenvalue weighted by Gasteiger charge is -2.21. The summed E-state index contributed by atoms with van der Waals surface area (Å²) >= 11 is 0. The monoisotopic (exact) mass is 403 g/mol. The van der Waals surface area contributed by atoms with Crippen molar-refractivity contribution in [3.63, 3.8) is 0 Å². The molecule has 0 aromatic carbocycles. The highest BCUT2D eigenvalue weighted by molar-refractivity contribution is 5.79. The number of alkyl halides is 3. The summed E-state index contributed by atoms with van der Waals surface area (Å²) in [6, 6.07) is 2.42. The minimum atomic E-state index is -4.49. The highest BCUT2D eigenvalue weighted by Crippen LogP contribution is 2.34. The number of nitrogens with zero attached hydrogens (tertiary/aromatic N) is 3. The van der Waals surface area contributed by atoms with Crippen LogP contribution in [0.4, 0.5) is 13.2 Å². The third-order valence-electron chi connectivity index (χ3n) is 4.32. The van der Waals surface area contributed by atoms with Crippen LogP contribution in [0.3, 0.4) is 0 Å². The molecule has 1 aromatic rings. The second-order valence-corrected chi connectivity index (χ2v) is 6.42. The maximum atomic E-state index is 12.9. The highest BCUT2D eigenvalue weighted by atomic mass is 19.4. The minimum absolute atomic E-state index is 0.0388. The van der Waals surface area contributed by atoms with E-state index in [4.69, 9.17) is 4.74 Å². The lowest BCUT2D eigenvalue weighted by molar-refractivity contribution is -0.139. The van der Waals surface area contributed by atoms with E-state index in [1.54, 1.807) is 7.05 Å². The predicted octanol–water partition coefficient (Wildman–Crippen LogP) is 3.15. The van der Waals surface area contributed by atoms with Gasteiger partial charge in [0.25, 0.3) is 0 Å². The molecule has 9 heteroatoms. The van der Waals surface area contributed by atoms with Crippen molar-refractivity contribution in [2.75, 3.05) is 39.8 Å². The summed E-state index contributed by atoms with van der Waals surface area (Å²) in [7, 11) is 1.65. The molecule has 0 aliphatic heterocycles.